The molecule has 0 saturated carbocycles. The molecule has 3 nitrogen and oxygen atoms in total. The van der Waals surface area contributed by atoms with E-state index in [1.165, 1.54) is 24.3 Å². The van der Waals surface area contributed by atoms with Crippen LogP contribution in [0.4, 0.5) is 8.78 Å². The Morgan fingerprint density at radius 3 is 2.31 bits per heavy atom. The summed E-state index contributed by atoms with van der Waals surface area (Å²) in [5.74, 6) is -4.56. The summed E-state index contributed by atoms with van der Waals surface area (Å²) < 4.78 is 31.6. The Balaban J connectivity index is 3.01. The van der Waals surface area contributed by atoms with Crippen LogP contribution in [0.5, 0.6) is 0 Å². The van der Waals surface area contributed by atoms with Crippen molar-refractivity contribution in [2.24, 2.45) is 5.73 Å². The molecule has 0 radical (unpaired) electrons. The molecular formula is C11H13F2NO2. The molecule has 1 unspecified atom stereocenters. The Bertz CT molecular complexity index is 376. The molecule has 5 heteroatoms. The van der Waals surface area contributed by atoms with Gasteiger partial charge >= 0.3 is 5.97 Å². The molecule has 0 amide bonds. The Labute approximate surface area is 92.2 Å². The van der Waals surface area contributed by atoms with Crippen LogP contribution in [-0.2, 0) is 15.5 Å². The van der Waals surface area contributed by atoms with Gasteiger partial charge in [0, 0.05) is 5.56 Å². The van der Waals surface area contributed by atoms with E-state index in [4.69, 9.17) is 5.73 Å². The fraction of sp³-hybridized carbons (Fsp3) is 0.364. The van der Waals surface area contributed by atoms with Crippen LogP contribution in [0, 0.1) is 6.92 Å². The van der Waals surface area contributed by atoms with Gasteiger partial charge in [-0.1, -0.05) is 29.8 Å². The molecule has 0 fully saturated rings. The molecule has 0 saturated heterocycles. The number of esters is 1. The van der Waals surface area contributed by atoms with Crippen molar-refractivity contribution in [2.45, 2.75) is 18.9 Å². The SMILES string of the molecule is COC(=O)C(N)C(F)(F)c1ccc(C)cc1. The molecule has 16 heavy (non-hydrogen) atoms. The van der Waals surface area contributed by atoms with E-state index in [1.807, 2.05) is 0 Å². The number of nitrogens with two attached hydrogens (primary N) is 1. The Hall–Kier alpha value is -1.49. The minimum absolute atomic E-state index is 0.295. The monoisotopic (exact) mass is 229 g/mol. The van der Waals surface area contributed by atoms with Crippen molar-refractivity contribution < 1.29 is 18.3 Å². The molecule has 88 valence electrons. The first kappa shape index (κ1) is 12.6. The van der Waals surface area contributed by atoms with Crippen molar-refractivity contribution in [1.82, 2.24) is 0 Å². The second-order valence-electron chi connectivity index (χ2n) is 3.49. The van der Waals surface area contributed by atoms with Gasteiger partial charge in [0.2, 0.25) is 0 Å². The van der Waals surface area contributed by atoms with Crippen LogP contribution >= 0.6 is 0 Å². The van der Waals surface area contributed by atoms with Gasteiger partial charge in [0.15, 0.2) is 6.04 Å². The van der Waals surface area contributed by atoms with Gasteiger partial charge in [-0.25, -0.2) is 0 Å². The number of hydrogen-bond donors (Lipinski definition) is 1. The maximum Gasteiger partial charge on any atom is 0.329 e. The van der Waals surface area contributed by atoms with Gasteiger partial charge in [-0.2, -0.15) is 8.78 Å². The van der Waals surface area contributed by atoms with Crippen molar-refractivity contribution in [3.63, 3.8) is 0 Å². The number of rotatable bonds is 3. The predicted octanol–water partition coefficient (Wildman–Crippen LogP) is 1.59. The normalized spacial score (nSPS) is 13.3. The molecule has 1 atom stereocenters. The third-order valence-electron chi connectivity index (χ3n) is 2.28. The second kappa shape index (κ2) is 4.57. The van der Waals surface area contributed by atoms with Crippen LogP contribution in [0.2, 0.25) is 0 Å². The summed E-state index contributed by atoms with van der Waals surface area (Å²) in [4.78, 5) is 11.0. The Kier molecular flexibility index (Phi) is 3.59. The van der Waals surface area contributed by atoms with Crippen LogP contribution in [0.3, 0.4) is 0 Å². The van der Waals surface area contributed by atoms with Crippen LogP contribution in [0.1, 0.15) is 11.1 Å². The Morgan fingerprint density at radius 2 is 1.88 bits per heavy atom. The molecule has 2 N–H and O–H groups in total. The number of methoxy groups -OCH3 is 1. The molecule has 0 bridgehead atoms. The molecule has 1 aromatic carbocycles. The van der Waals surface area contributed by atoms with Crippen LogP contribution < -0.4 is 5.73 Å². The number of benzene rings is 1. The van der Waals surface area contributed by atoms with E-state index in [2.05, 4.69) is 4.74 Å². The highest BCUT2D eigenvalue weighted by molar-refractivity contribution is 5.77. The lowest BCUT2D eigenvalue weighted by molar-refractivity contribution is -0.153. The van der Waals surface area contributed by atoms with Crippen molar-refractivity contribution in [1.29, 1.82) is 0 Å². The second-order valence-corrected chi connectivity index (χ2v) is 3.49. The molecule has 0 aromatic heterocycles. The average molecular weight is 229 g/mol. The summed E-state index contributed by atoms with van der Waals surface area (Å²) >= 11 is 0. The first-order valence-corrected chi connectivity index (χ1v) is 4.68. The largest absolute Gasteiger partial charge is 0.468 e. The standard InChI is InChI=1S/C11H13F2NO2/c1-7-3-5-8(6-4-7)11(12,13)9(14)10(15)16-2/h3-6,9H,14H2,1-2H3. The first-order valence-electron chi connectivity index (χ1n) is 4.68. The molecule has 1 aromatic rings. The summed E-state index contributed by atoms with van der Waals surface area (Å²) in [7, 11) is 1.02. The molecule has 0 aliphatic heterocycles. The molecular weight excluding hydrogens is 216 g/mol. The van der Waals surface area contributed by atoms with Gasteiger partial charge < -0.3 is 10.5 Å². The zero-order valence-electron chi connectivity index (χ0n) is 9.04. The fourth-order valence-corrected chi connectivity index (χ4v) is 1.23. The van der Waals surface area contributed by atoms with E-state index in [-0.39, 0.29) is 5.56 Å². The topological polar surface area (TPSA) is 52.3 Å². The van der Waals surface area contributed by atoms with Crippen molar-refractivity contribution in [2.75, 3.05) is 7.11 Å². The lowest BCUT2D eigenvalue weighted by Crippen LogP contribution is -2.45. The van der Waals surface area contributed by atoms with E-state index in [0.29, 0.717) is 0 Å². The summed E-state index contributed by atoms with van der Waals surface area (Å²) in [6.07, 6.45) is 0. The van der Waals surface area contributed by atoms with Crippen molar-refractivity contribution in [3.8, 4) is 0 Å². The maximum atomic E-state index is 13.7. The molecule has 0 aliphatic rings. The molecule has 0 heterocycles. The number of ether oxygens (including phenoxy) is 1. The van der Waals surface area contributed by atoms with Crippen LogP contribution in [0.25, 0.3) is 0 Å². The number of hydrogen-bond acceptors (Lipinski definition) is 3. The van der Waals surface area contributed by atoms with Gasteiger partial charge in [-0.05, 0) is 6.92 Å². The fourth-order valence-electron chi connectivity index (χ4n) is 1.23. The minimum Gasteiger partial charge on any atom is -0.468 e. The van der Waals surface area contributed by atoms with E-state index >= 15 is 0 Å². The first-order chi connectivity index (χ1) is 7.39. The van der Waals surface area contributed by atoms with Gasteiger partial charge in [0.1, 0.15) is 0 Å². The summed E-state index contributed by atoms with van der Waals surface area (Å²) in [6, 6.07) is 3.58. The highest BCUT2D eigenvalue weighted by Crippen LogP contribution is 2.31. The quantitative estimate of drug-likeness (QED) is 0.801. The summed E-state index contributed by atoms with van der Waals surface area (Å²) in [5.41, 5.74) is 5.71. The Morgan fingerprint density at radius 1 is 1.38 bits per heavy atom. The third-order valence-corrected chi connectivity index (χ3v) is 2.28. The summed E-state index contributed by atoms with van der Waals surface area (Å²) in [5, 5.41) is 0. The molecule has 1 rings (SSSR count). The zero-order chi connectivity index (χ0) is 12.3. The smallest absolute Gasteiger partial charge is 0.329 e. The number of alkyl halides is 2. The van der Waals surface area contributed by atoms with Crippen LogP contribution in [-0.4, -0.2) is 19.1 Å². The summed E-state index contributed by atoms with van der Waals surface area (Å²) in [6.45, 7) is 1.78. The number of halogens is 2. The third kappa shape index (κ3) is 2.36. The van der Waals surface area contributed by atoms with E-state index in [0.717, 1.165) is 12.7 Å². The number of carbonyl (C=O) groups is 1. The lowest BCUT2D eigenvalue weighted by Gasteiger charge is -2.21. The number of carbonyl (C=O) groups excluding carboxylic acids is 1. The highest BCUT2D eigenvalue weighted by Gasteiger charge is 2.44. The minimum atomic E-state index is -3.43. The van der Waals surface area contributed by atoms with E-state index < -0.39 is 17.9 Å². The van der Waals surface area contributed by atoms with Crippen LogP contribution in [0.15, 0.2) is 24.3 Å². The molecule has 0 spiro atoms. The molecule has 0 aliphatic carbocycles. The van der Waals surface area contributed by atoms with E-state index in [9.17, 15) is 13.6 Å². The highest BCUT2D eigenvalue weighted by atomic mass is 19.3. The predicted molar refractivity (Wildman–Crippen MR) is 55.1 cm³/mol. The lowest BCUT2D eigenvalue weighted by atomic mass is 10.0. The number of aryl methyl sites for hydroxylation is 1. The van der Waals surface area contributed by atoms with Gasteiger partial charge in [0.05, 0.1) is 7.11 Å². The average Bonchev–Trinajstić information content (AvgIpc) is 2.27. The van der Waals surface area contributed by atoms with Crippen molar-refractivity contribution >= 4 is 5.97 Å². The zero-order valence-corrected chi connectivity index (χ0v) is 9.04. The van der Waals surface area contributed by atoms with Gasteiger partial charge in [0.25, 0.3) is 5.92 Å². The van der Waals surface area contributed by atoms with Gasteiger partial charge in [-0.3, -0.25) is 4.79 Å². The van der Waals surface area contributed by atoms with Gasteiger partial charge in [-0.15, -0.1) is 0 Å². The maximum absolute atomic E-state index is 13.7. The van der Waals surface area contributed by atoms with Crippen molar-refractivity contribution in [3.05, 3.63) is 35.4 Å². The van der Waals surface area contributed by atoms with E-state index in [1.54, 1.807) is 6.92 Å².